The second kappa shape index (κ2) is 5.54. The first-order valence-corrected chi connectivity index (χ1v) is 7.75. The monoisotopic (exact) mass is 276 g/mol. The summed E-state index contributed by atoms with van der Waals surface area (Å²) >= 11 is -1.03. The van der Waals surface area contributed by atoms with Crippen molar-refractivity contribution in [2.45, 2.75) is 44.3 Å². The third-order valence-electron chi connectivity index (χ3n) is 3.53. The molecular weight excluding hydrogens is 256 g/mol. The van der Waals surface area contributed by atoms with Gasteiger partial charge in [0.1, 0.15) is 4.75 Å². The third kappa shape index (κ3) is 3.11. The van der Waals surface area contributed by atoms with Crippen molar-refractivity contribution in [3.05, 3.63) is 34.9 Å². The minimum absolute atomic E-state index is 0.240. The normalized spacial score (nSPS) is 19.8. The van der Waals surface area contributed by atoms with Gasteiger partial charge >= 0.3 is 0 Å². The standard InChI is InChI=1S/C15H20N2OS/c1-15(2,3)19(18)17-10-12-7-8-14-11(9-16)5-4-6-13(12)14/h4-6,12,17H,7-8,10H2,1-3H3/t12-,19?/m1/s1. The fourth-order valence-electron chi connectivity index (χ4n) is 2.45. The van der Waals surface area contributed by atoms with Crippen LogP contribution < -0.4 is 4.72 Å². The fourth-order valence-corrected chi connectivity index (χ4v) is 3.24. The number of hydrogen-bond donors (Lipinski definition) is 1. The quantitative estimate of drug-likeness (QED) is 0.863. The zero-order valence-electron chi connectivity index (χ0n) is 11.7. The fraction of sp³-hybridized carbons (Fsp3) is 0.533. The van der Waals surface area contributed by atoms with Crippen LogP contribution in [0.4, 0.5) is 0 Å². The number of fused-ring (bicyclic) bond motifs is 1. The summed E-state index contributed by atoms with van der Waals surface area (Å²) in [6.45, 7) is 6.61. The van der Waals surface area contributed by atoms with E-state index in [0.29, 0.717) is 12.5 Å². The maximum absolute atomic E-state index is 12.0. The largest absolute Gasteiger partial charge is 0.598 e. The summed E-state index contributed by atoms with van der Waals surface area (Å²) in [5, 5.41) is 9.10. The van der Waals surface area contributed by atoms with Crippen LogP contribution in [0.15, 0.2) is 18.2 Å². The Labute approximate surface area is 118 Å². The Bertz CT molecular complexity index is 502. The molecule has 0 saturated heterocycles. The van der Waals surface area contributed by atoms with Crippen LogP contribution in [0.1, 0.15) is 49.8 Å². The van der Waals surface area contributed by atoms with Gasteiger partial charge in [-0.25, -0.2) is 0 Å². The Morgan fingerprint density at radius 2 is 2.21 bits per heavy atom. The van der Waals surface area contributed by atoms with E-state index in [1.807, 2.05) is 32.9 Å². The van der Waals surface area contributed by atoms with Crippen molar-refractivity contribution in [1.82, 2.24) is 4.72 Å². The van der Waals surface area contributed by atoms with Crippen molar-refractivity contribution in [2.75, 3.05) is 6.54 Å². The SMILES string of the molecule is CC(C)(C)[S+]([O-])NC[C@H]1CCc2c(C#N)cccc21. The minimum atomic E-state index is -1.03. The zero-order chi connectivity index (χ0) is 14.0. The van der Waals surface area contributed by atoms with E-state index in [4.69, 9.17) is 5.26 Å². The van der Waals surface area contributed by atoms with Gasteiger partial charge in [0.15, 0.2) is 0 Å². The van der Waals surface area contributed by atoms with E-state index in [0.717, 1.165) is 18.4 Å². The van der Waals surface area contributed by atoms with E-state index in [1.54, 1.807) is 0 Å². The van der Waals surface area contributed by atoms with Gasteiger partial charge in [0.25, 0.3) is 0 Å². The summed E-state index contributed by atoms with van der Waals surface area (Å²) < 4.78 is 14.9. The smallest absolute Gasteiger partial charge is 0.136 e. The van der Waals surface area contributed by atoms with Gasteiger partial charge < -0.3 is 4.55 Å². The molecule has 4 heteroatoms. The lowest BCUT2D eigenvalue weighted by atomic mass is 9.99. The number of benzene rings is 1. The second-order valence-electron chi connectivity index (χ2n) is 5.95. The van der Waals surface area contributed by atoms with Crippen molar-refractivity contribution >= 4 is 11.4 Å². The lowest BCUT2D eigenvalue weighted by molar-refractivity contribution is 0.535. The highest BCUT2D eigenvalue weighted by atomic mass is 32.2. The molecule has 0 fully saturated rings. The Kier molecular flexibility index (Phi) is 4.19. The molecule has 0 aliphatic heterocycles. The minimum Gasteiger partial charge on any atom is -0.598 e. The molecule has 1 aliphatic carbocycles. The molecule has 0 spiro atoms. The summed E-state index contributed by atoms with van der Waals surface area (Å²) in [4.78, 5) is 0. The molecule has 2 rings (SSSR count). The maximum Gasteiger partial charge on any atom is 0.136 e. The predicted molar refractivity (Wildman–Crippen MR) is 78.1 cm³/mol. The Hall–Kier alpha value is -1.02. The van der Waals surface area contributed by atoms with E-state index in [2.05, 4.69) is 16.9 Å². The van der Waals surface area contributed by atoms with Crippen LogP contribution in [0.3, 0.4) is 0 Å². The molecule has 0 amide bonds. The summed E-state index contributed by atoms with van der Waals surface area (Å²) in [6.07, 6.45) is 1.98. The molecule has 0 saturated carbocycles. The molecule has 0 radical (unpaired) electrons. The van der Waals surface area contributed by atoms with Gasteiger partial charge in [-0.1, -0.05) is 12.1 Å². The molecule has 1 aliphatic rings. The van der Waals surface area contributed by atoms with Gasteiger partial charge in [0, 0.05) is 23.8 Å². The van der Waals surface area contributed by atoms with Crippen molar-refractivity contribution < 1.29 is 4.55 Å². The number of rotatable bonds is 3. The molecule has 3 nitrogen and oxygen atoms in total. The molecule has 0 bridgehead atoms. The van der Waals surface area contributed by atoms with Gasteiger partial charge in [-0.05, 0) is 50.8 Å². The molecular formula is C15H20N2OS. The van der Waals surface area contributed by atoms with Gasteiger partial charge in [-0.3, -0.25) is 0 Å². The first-order chi connectivity index (χ1) is 8.93. The van der Waals surface area contributed by atoms with Crippen LogP contribution in [0.5, 0.6) is 0 Å². The van der Waals surface area contributed by atoms with Crippen LogP contribution in [0.25, 0.3) is 0 Å². The zero-order valence-corrected chi connectivity index (χ0v) is 12.5. The molecule has 0 aromatic heterocycles. The molecule has 0 heterocycles. The van der Waals surface area contributed by atoms with Crippen molar-refractivity contribution in [2.24, 2.45) is 0 Å². The van der Waals surface area contributed by atoms with Crippen LogP contribution in [0.2, 0.25) is 0 Å². The van der Waals surface area contributed by atoms with E-state index in [1.165, 1.54) is 11.1 Å². The Balaban J connectivity index is 2.06. The Morgan fingerprint density at radius 1 is 1.47 bits per heavy atom. The van der Waals surface area contributed by atoms with E-state index < -0.39 is 11.4 Å². The van der Waals surface area contributed by atoms with Crippen LogP contribution in [-0.4, -0.2) is 15.8 Å². The second-order valence-corrected chi connectivity index (χ2v) is 8.00. The molecule has 2 atom stereocenters. The number of nitrogens with one attached hydrogen (secondary N) is 1. The average molecular weight is 276 g/mol. The third-order valence-corrected chi connectivity index (χ3v) is 5.07. The molecule has 1 N–H and O–H groups in total. The van der Waals surface area contributed by atoms with Gasteiger partial charge in [-0.2, -0.15) is 5.26 Å². The summed E-state index contributed by atoms with van der Waals surface area (Å²) in [5.41, 5.74) is 3.22. The summed E-state index contributed by atoms with van der Waals surface area (Å²) in [5.74, 6) is 0.370. The average Bonchev–Trinajstić information content (AvgIpc) is 2.77. The highest BCUT2D eigenvalue weighted by Gasteiger charge is 2.30. The van der Waals surface area contributed by atoms with Gasteiger partial charge in [-0.15, -0.1) is 4.72 Å². The van der Waals surface area contributed by atoms with Crippen molar-refractivity contribution in [3.8, 4) is 6.07 Å². The van der Waals surface area contributed by atoms with E-state index in [9.17, 15) is 4.55 Å². The van der Waals surface area contributed by atoms with Crippen molar-refractivity contribution in [3.63, 3.8) is 0 Å². The number of hydrogen-bond acceptors (Lipinski definition) is 3. The van der Waals surface area contributed by atoms with Crippen LogP contribution >= 0.6 is 0 Å². The highest BCUT2D eigenvalue weighted by Crippen LogP contribution is 2.34. The number of nitriles is 1. The first kappa shape index (κ1) is 14.4. The predicted octanol–water partition coefficient (Wildman–Crippen LogP) is 2.64. The topological polar surface area (TPSA) is 58.9 Å². The van der Waals surface area contributed by atoms with E-state index in [-0.39, 0.29) is 4.75 Å². The summed E-state index contributed by atoms with van der Waals surface area (Å²) in [7, 11) is 0. The lowest BCUT2D eigenvalue weighted by Crippen LogP contribution is -2.40. The number of nitrogens with zero attached hydrogens (tertiary/aromatic N) is 1. The molecule has 1 aromatic rings. The van der Waals surface area contributed by atoms with Crippen LogP contribution in [-0.2, 0) is 17.8 Å². The lowest BCUT2D eigenvalue weighted by Gasteiger charge is -2.25. The van der Waals surface area contributed by atoms with Crippen molar-refractivity contribution in [1.29, 1.82) is 5.26 Å². The molecule has 19 heavy (non-hydrogen) atoms. The van der Waals surface area contributed by atoms with E-state index >= 15 is 0 Å². The first-order valence-electron chi connectivity index (χ1n) is 6.60. The molecule has 1 aromatic carbocycles. The Morgan fingerprint density at radius 3 is 2.84 bits per heavy atom. The van der Waals surface area contributed by atoms with Gasteiger partial charge in [0.05, 0.1) is 11.6 Å². The summed E-state index contributed by atoms with van der Waals surface area (Å²) in [6, 6.07) is 8.17. The maximum atomic E-state index is 12.0. The molecule has 102 valence electrons. The molecule has 1 unspecified atom stereocenters. The van der Waals surface area contributed by atoms with Crippen LogP contribution in [0, 0.1) is 11.3 Å². The van der Waals surface area contributed by atoms with Gasteiger partial charge in [0.2, 0.25) is 0 Å². The highest BCUT2D eigenvalue weighted by molar-refractivity contribution is 7.90.